The van der Waals surface area contributed by atoms with Crippen LogP contribution in [-0.2, 0) is 6.61 Å². The van der Waals surface area contributed by atoms with E-state index in [2.05, 4.69) is 28.2 Å². The fraction of sp³-hybridized carbons (Fsp3) is 0.278. The second-order valence-corrected chi connectivity index (χ2v) is 6.63. The summed E-state index contributed by atoms with van der Waals surface area (Å²) in [4.78, 5) is 14.8. The topological polar surface area (TPSA) is 52.6 Å². The van der Waals surface area contributed by atoms with Gasteiger partial charge in [-0.15, -0.1) is 0 Å². The third-order valence-corrected chi connectivity index (χ3v) is 4.86. The summed E-state index contributed by atoms with van der Waals surface area (Å²) in [5.74, 6) is -0.0458. The SMILES string of the molecule is CC1CCN(C(=O)c2ccc(Br)c(CO)c2)c2ccccc2N1. The number of amides is 1. The molecule has 1 aliphatic heterocycles. The number of aliphatic hydroxyl groups is 1. The van der Waals surface area contributed by atoms with Gasteiger partial charge in [0, 0.05) is 22.6 Å². The number of anilines is 2. The van der Waals surface area contributed by atoms with Crippen LogP contribution in [0.3, 0.4) is 0 Å². The number of rotatable bonds is 2. The van der Waals surface area contributed by atoms with E-state index in [1.165, 1.54) is 0 Å². The van der Waals surface area contributed by atoms with Crippen molar-refractivity contribution in [3.63, 3.8) is 0 Å². The van der Waals surface area contributed by atoms with Crippen molar-refractivity contribution in [3.05, 3.63) is 58.1 Å². The Kier molecular flexibility index (Phi) is 4.68. The number of carbonyl (C=O) groups is 1. The fourth-order valence-corrected chi connectivity index (χ4v) is 3.18. The molecule has 3 rings (SSSR count). The van der Waals surface area contributed by atoms with Gasteiger partial charge < -0.3 is 15.3 Å². The summed E-state index contributed by atoms with van der Waals surface area (Å²) >= 11 is 3.39. The average Bonchev–Trinajstić information content (AvgIpc) is 2.73. The number of hydrogen-bond acceptors (Lipinski definition) is 3. The summed E-state index contributed by atoms with van der Waals surface area (Å²) in [6.45, 7) is 2.68. The Hall–Kier alpha value is -1.85. The molecule has 1 heterocycles. The van der Waals surface area contributed by atoms with Gasteiger partial charge in [-0.1, -0.05) is 28.1 Å². The molecule has 2 aromatic carbocycles. The highest BCUT2D eigenvalue weighted by molar-refractivity contribution is 9.10. The first-order valence-corrected chi connectivity index (χ1v) is 8.46. The van der Waals surface area contributed by atoms with Crippen molar-refractivity contribution in [3.8, 4) is 0 Å². The zero-order chi connectivity index (χ0) is 16.4. The van der Waals surface area contributed by atoms with Crippen LogP contribution in [0, 0.1) is 0 Å². The third-order valence-electron chi connectivity index (χ3n) is 4.09. The lowest BCUT2D eigenvalue weighted by Gasteiger charge is -2.22. The number of hydrogen-bond donors (Lipinski definition) is 2. The normalized spacial score (nSPS) is 17.2. The first-order valence-electron chi connectivity index (χ1n) is 7.67. The second-order valence-electron chi connectivity index (χ2n) is 5.77. The highest BCUT2D eigenvalue weighted by Crippen LogP contribution is 2.31. The zero-order valence-corrected chi connectivity index (χ0v) is 14.5. The number of aliphatic hydroxyl groups excluding tert-OH is 1. The Balaban J connectivity index is 1.99. The van der Waals surface area contributed by atoms with Crippen molar-refractivity contribution in [2.45, 2.75) is 26.0 Å². The molecule has 1 amide bonds. The molecule has 0 aliphatic carbocycles. The Morgan fingerprint density at radius 3 is 2.91 bits per heavy atom. The number of fused-ring (bicyclic) bond motifs is 1. The van der Waals surface area contributed by atoms with Gasteiger partial charge in [0.1, 0.15) is 0 Å². The molecule has 5 heteroatoms. The Morgan fingerprint density at radius 1 is 1.35 bits per heavy atom. The molecule has 2 N–H and O–H groups in total. The lowest BCUT2D eigenvalue weighted by atomic mass is 10.1. The smallest absolute Gasteiger partial charge is 0.258 e. The lowest BCUT2D eigenvalue weighted by molar-refractivity contribution is 0.0987. The van der Waals surface area contributed by atoms with Crippen molar-refractivity contribution in [1.29, 1.82) is 0 Å². The fourth-order valence-electron chi connectivity index (χ4n) is 2.81. The van der Waals surface area contributed by atoms with Gasteiger partial charge in [0.05, 0.1) is 18.0 Å². The van der Waals surface area contributed by atoms with Crippen LogP contribution in [-0.4, -0.2) is 23.6 Å². The molecule has 0 saturated carbocycles. The van der Waals surface area contributed by atoms with Crippen LogP contribution in [0.4, 0.5) is 11.4 Å². The number of carbonyl (C=O) groups excluding carboxylic acids is 1. The van der Waals surface area contributed by atoms with Gasteiger partial charge in [0.2, 0.25) is 0 Å². The lowest BCUT2D eigenvalue weighted by Crippen LogP contribution is -2.32. The molecule has 2 aromatic rings. The molecule has 0 fully saturated rings. The predicted molar refractivity (Wildman–Crippen MR) is 95.9 cm³/mol. The first-order chi connectivity index (χ1) is 11.1. The minimum Gasteiger partial charge on any atom is -0.392 e. The largest absolute Gasteiger partial charge is 0.392 e. The molecule has 1 unspecified atom stereocenters. The molecule has 120 valence electrons. The summed E-state index contributed by atoms with van der Waals surface area (Å²) in [5.41, 5.74) is 3.17. The van der Waals surface area contributed by atoms with Crippen molar-refractivity contribution in [1.82, 2.24) is 0 Å². The van der Waals surface area contributed by atoms with Crippen LogP contribution in [0.2, 0.25) is 0 Å². The van der Waals surface area contributed by atoms with Crippen LogP contribution in [0.1, 0.15) is 29.3 Å². The molecule has 4 nitrogen and oxygen atoms in total. The summed E-state index contributed by atoms with van der Waals surface area (Å²) < 4.78 is 0.808. The van der Waals surface area contributed by atoms with E-state index in [1.807, 2.05) is 35.2 Å². The van der Waals surface area contributed by atoms with Gasteiger partial charge in [-0.25, -0.2) is 0 Å². The molecule has 1 atom stereocenters. The Labute approximate surface area is 144 Å². The van der Waals surface area contributed by atoms with Crippen molar-refractivity contribution in [2.75, 3.05) is 16.8 Å². The van der Waals surface area contributed by atoms with E-state index in [0.717, 1.165) is 22.3 Å². The van der Waals surface area contributed by atoms with Gasteiger partial charge in [-0.2, -0.15) is 0 Å². The minimum absolute atomic E-state index is 0.0458. The number of halogens is 1. The van der Waals surface area contributed by atoms with Gasteiger partial charge in [0.25, 0.3) is 5.91 Å². The summed E-state index contributed by atoms with van der Waals surface area (Å²) in [6, 6.07) is 13.5. The van der Waals surface area contributed by atoms with Crippen molar-refractivity contribution >= 4 is 33.2 Å². The van der Waals surface area contributed by atoms with E-state index in [-0.39, 0.29) is 12.5 Å². The van der Waals surface area contributed by atoms with Gasteiger partial charge in [-0.05, 0) is 49.2 Å². The molecular weight excluding hydrogens is 356 g/mol. The van der Waals surface area contributed by atoms with Gasteiger partial charge in [0.15, 0.2) is 0 Å². The quantitative estimate of drug-likeness (QED) is 0.840. The van der Waals surface area contributed by atoms with Crippen LogP contribution >= 0.6 is 15.9 Å². The van der Waals surface area contributed by atoms with Crippen molar-refractivity contribution < 1.29 is 9.90 Å². The molecule has 23 heavy (non-hydrogen) atoms. The summed E-state index contributed by atoms with van der Waals surface area (Å²) in [7, 11) is 0. The first kappa shape index (κ1) is 16.0. The highest BCUT2D eigenvalue weighted by Gasteiger charge is 2.24. The standard InChI is InChI=1S/C18H19BrN2O2/c1-12-8-9-21(17-5-3-2-4-16(17)20-12)18(23)13-6-7-15(19)14(10-13)11-22/h2-7,10,12,20,22H,8-9,11H2,1H3. The molecular formula is C18H19BrN2O2. The molecule has 0 spiro atoms. The number of benzene rings is 2. The summed E-state index contributed by atoms with van der Waals surface area (Å²) in [6.07, 6.45) is 0.879. The zero-order valence-electron chi connectivity index (χ0n) is 12.9. The molecule has 0 aromatic heterocycles. The molecule has 0 bridgehead atoms. The van der Waals surface area contributed by atoms with Gasteiger partial charge in [-0.3, -0.25) is 4.79 Å². The maximum atomic E-state index is 13.0. The monoisotopic (exact) mass is 374 g/mol. The van der Waals surface area contributed by atoms with E-state index >= 15 is 0 Å². The third kappa shape index (κ3) is 3.26. The van der Waals surface area contributed by atoms with E-state index in [4.69, 9.17) is 0 Å². The minimum atomic E-state index is -0.100. The maximum Gasteiger partial charge on any atom is 0.258 e. The van der Waals surface area contributed by atoms with Crippen LogP contribution in [0.15, 0.2) is 46.9 Å². The second kappa shape index (κ2) is 6.72. The molecule has 0 radical (unpaired) electrons. The predicted octanol–water partition coefficient (Wildman–Crippen LogP) is 3.79. The van der Waals surface area contributed by atoms with E-state index in [9.17, 15) is 9.90 Å². The number of nitrogens with one attached hydrogen (secondary N) is 1. The van der Waals surface area contributed by atoms with Crippen LogP contribution in [0.25, 0.3) is 0 Å². The number of para-hydroxylation sites is 2. The highest BCUT2D eigenvalue weighted by atomic mass is 79.9. The van der Waals surface area contributed by atoms with Crippen molar-refractivity contribution in [2.24, 2.45) is 0 Å². The molecule has 1 aliphatic rings. The summed E-state index contributed by atoms with van der Waals surface area (Å²) in [5, 5.41) is 12.9. The number of nitrogens with zero attached hydrogens (tertiary/aromatic N) is 1. The van der Waals surface area contributed by atoms with E-state index < -0.39 is 0 Å². The van der Waals surface area contributed by atoms with E-state index in [0.29, 0.717) is 23.7 Å². The van der Waals surface area contributed by atoms with E-state index in [1.54, 1.807) is 12.1 Å². The average molecular weight is 375 g/mol. The van der Waals surface area contributed by atoms with Crippen LogP contribution in [0.5, 0.6) is 0 Å². The van der Waals surface area contributed by atoms with Crippen LogP contribution < -0.4 is 10.2 Å². The maximum absolute atomic E-state index is 13.0. The molecule has 0 saturated heterocycles. The Bertz CT molecular complexity index is 733. The Morgan fingerprint density at radius 2 is 2.13 bits per heavy atom. The van der Waals surface area contributed by atoms with Gasteiger partial charge >= 0.3 is 0 Å².